The summed E-state index contributed by atoms with van der Waals surface area (Å²) in [6.07, 6.45) is 0.278. The molecular formula is C15H25ClN2O. The Morgan fingerprint density at radius 1 is 1.37 bits per heavy atom. The van der Waals surface area contributed by atoms with Gasteiger partial charge in [0.25, 0.3) is 0 Å². The molecule has 0 bridgehead atoms. The molecule has 0 aliphatic carbocycles. The van der Waals surface area contributed by atoms with E-state index in [-0.39, 0.29) is 6.10 Å². The van der Waals surface area contributed by atoms with E-state index in [4.69, 9.17) is 16.3 Å². The maximum atomic E-state index is 6.08. The molecule has 0 saturated heterocycles. The summed E-state index contributed by atoms with van der Waals surface area (Å²) in [5.41, 5.74) is 2.43. The van der Waals surface area contributed by atoms with Gasteiger partial charge in [-0.15, -0.1) is 0 Å². The van der Waals surface area contributed by atoms with Gasteiger partial charge >= 0.3 is 0 Å². The van der Waals surface area contributed by atoms with Crippen LogP contribution in [-0.2, 0) is 11.3 Å². The summed E-state index contributed by atoms with van der Waals surface area (Å²) < 4.78 is 5.60. The number of anilines is 1. The van der Waals surface area contributed by atoms with Crippen molar-refractivity contribution in [1.82, 2.24) is 5.32 Å². The summed E-state index contributed by atoms with van der Waals surface area (Å²) in [6.45, 7) is 9.60. The Balaban J connectivity index is 2.68. The minimum atomic E-state index is 0.278. The molecule has 1 aromatic rings. The van der Waals surface area contributed by atoms with E-state index in [1.54, 1.807) is 0 Å². The molecule has 3 nitrogen and oxygen atoms in total. The molecular weight excluding hydrogens is 260 g/mol. The molecule has 0 atom stereocenters. The minimum absolute atomic E-state index is 0.278. The molecule has 0 saturated carbocycles. The van der Waals surface area contributed by atoms with E-state index in [9.17, 15) is 0 Å². The van der Waals surface area contributed by atoms with Crippen LogP contribution in [0, 0.1) is 0 Å². The number of benzene rings is 1. The first-order valence-corrected chi connectivity index (χ1v) is 7.24. The number of ether oxygens (including phenoxy) is 1. The van der Waals surface area contributed by atoms with Gasteiger partial charge in [-0.25, -0.2) is 0 Å². The standard InChI is InChI=1S/C15H25ClN2O/c1-5-17-11-13-10-14(16)6-7-15(13)18(4)8-9-19-12(2)3/h6-7,10,12,17H,5,8-9,11H2,1-4H3. The van der Waals surface area contributed by atoms with E-state index in [0.29, 0.717) is 0 Å². The zero-order chi connectivity index (χ0) is 14.3. The van der Waals surface area contributed by atoms with E-state index in [1.165, 1.54) is 11.3 Å². The Kier molecular flexibility index (Phi) is 7.21. The highest BCUT2D eigenvalue weighted by molar-refractivity contribution is 6.30. The fourth-order valence-corrected chi connectivity index (χ4v) is 2.07. The summed E-state index contributed by atoms with van der Waals surface area (Å²) in [4.78, 5) is 2.21. The third-order valence-corrected chi connectivity index (χ3v) is 3.13. The van der Waals surface area contributed by atoms with Crippen LogP contribution < -0.4 is 10.2 Å². The lowest BCUT2D eigenvalue weighted by Gasteiger charge is -2.23. The van der Waals surface area contributed by atoms with Gasteiger partial charge in [0.2, 0.25) is 0 Å². The predicted octanol–water partition coefficient (Wildman–Crippen LogP) is 3.31. The number of hydrogen-bond donors (Lipinski definition) is 1. The van der Waals surface area contributed by atoms with Crippen LogP contribution >= 0.6 is 11.6 Å². The van der Waals surface area contributed by atoms with Crippen molar-refractivity contribution in [1.29, 1.82) is 0 Å². The van der Waals surface area contributed by atoms with Gasteiger partial charge in [0.1, 0.15) is 0 Å². The molecule has 0 unspecified atom stereocenters. The molecule has 108 valence electrons. The number of rotatable bonds is 8. The van der Waals surface area contributed by atoms with Crippen LogP contribution in [0.1, 0.15) is 26.3 Å². The Hall–Kier alpha value is -0.770. The second kappa shape index (κ2) is 8.41. The molecule has 1 rings (SSSR count). The summed E-state index contributed by atoms with van der Waals surface area (Å²) in [5, 5.41) is 4.13. The predicted molar refractivity (Wildman–Crippen MR) is 83.2 cm³/mol. The number of halogens is 1. The van der Waals surface area contributed by atoms with Gasteiger partial charge in [0.15, 0.2) is 0 Å². The maximum Gasteiger partial charge on any atom is 0.0644 e. The molecule has 0 aliphatic rings. The van der Waals surface area contributed by atoms with E-state index in [2.05, 4.69) is 44.1 Å². The monoisotopic (exact) mass is 284 g/mol. The lowest BCUT2D eigenvalue weighted by Crippen LogP contribution is -2.26. The van der Waals surface area contributed by atoms with Gasteiger partial charge in [-0.2, -0.15) is 0 Å². The first-order chi connectivity index (χ1) is 9.04. The highest BCUT2D eigenvalue weighted by Gasteiger charge is 2.08. The van der Waals surface area contributed by atoms with E-state index >= 15 is 0 Å². The summed E-state index contributed by atoms with van der Waals surface area (Å²) in [7, 11) is 2.09. The fourth-order valence-electron chi connectivity index (χ4n) is 1.87. The van der Waals surface area contributed by atoms with Gasteiger partial charge in [0, 0.05) is 30.8 Å². The van der Waals surface area contributed by atoms with Gasteiger partial charge < -0.3 is 15.0 Å². The first kappa shape index (κ1) is 16.3. The van der Waals surface area contributed by atoms with Crippen LogP contribution in [0.25, 0.3) is 0 Å². The molecule has 19 heavy (non-hydrogen) atoms. The van der Waals surface area contributed by atoms with Crippen LogP contribution in [0.4, 0.5) is 5.69 Å². The van der Waals surface area contributed by atoms with Crippen molar-refractivity contribution in [3.63, 3.8) is 0 Å². The van der Waals surface area contributed by atoms with Crippen molar-refractivity contribution in [2.45, 2.75) is 33.4 Å². The first-order valence-electron chi connectivity index (χ1n) is 6.86. The zero-order valence-electron chi connectivity index (χ0n) is 12.4. The zero-order valence-corrected chi connectivity index (χ0v) is 13.1. The summed E-state index contributed by atoms with van der Waals surface area (Å²) >= 11 is 6.08. The molecule has 4 heteroatoms. The van der Waals surface area contributed by atoms with Crippen molar-refractivity contribution in [3.05, 3.63) is 28.8 Å². The van der Waals surface area contributed by atoms with Crippen molar-refractivity contribution < 1.29 is 4.74 Å². The average Bonchev–Trinajstić information content (AvgIpc) is 2.35. The molecule has 0 aromatic heterocycles. The summed E-state index contributed by atoms with van der Waals surface area (Å²) in [6, 6.07) is 6.04. The molecule has 0 spiro atoms. The van der Waals surface area contributed by atoms with Crippen molar-refractivity contribution >= 4 is 17.3 Å². The smallest absolute Gasteiger partial charge is 0.0644 e. The third-order valence-electron chi connectivity index (χ3n) is 2.90. The lowest BCUT2D eigenvalue weighted by molar-refractivity contribution is 0.0846. The van der Waals surface area contributed by atoms with Gasteiger partial charge in [-0.1, -0.05) is 18.5 Å². The Bertz CT molecular complexity index is 382. The Morgan fingerprint density at radius 2 is 2.11 bits per heavy atom. The van der Waals surface area contributed by atoms with Crippen molar-refractivity contribution in [2.24, 2.45) is 0 Å². The molecule has 0 aliphatic heterocycles. The number of nitrogens with one attached hydrogen (secondary N) is 1. The van der Waals surface area contributed by atoms with E-state index in [1.807, 2.05) is 12.1 Å². The summed E-state index contributed by atoms with van der Waals surface area (Å²) in [5.74, 6) is 0. The largest absolute Gasteiger partial charge is 0.377 e. The number of hydrogen-bond acceptors (Lipinski definition) is 3. The Morgan fingerprint density at radius 3 is 2.74 bits per heavy atom. The van der Waals surface area contributed by atoms with Crippen LogP contribution in [0.3, 0.4) is 0 Å². The van der Waals surface area contributed by atoms with E-state index in [0.717, 1.165) is 31.3 Å². The molecule has 0 heterocycles. The number of likely N-dealkylation sites (N-methyl/N-ethyl adjacent to an activating group) is 1. The second-order valence-corrected chi connectivity index (χ2v) is 5.33. The third kappa shape index (κ3) is 5.81. The quantitative estimate of drug-likeness (QED) is 0.793. The highest BCUT2D eigenvalue weighted by atomic mass is 35.5. The molecule has 1 N–H and O–H groups in total. The van der Waals surface area contributed by atoms with Crippen LogP contribution in [0.15, 0.2) is 18.2 Å². The average molecular weight is 285 g/mol. The fraction of sp³-hybridized carbons (Fsp3) is 0.600. The second-order valence-electron chi connectivity index (χ2n) is 4.89. The topological polar surface area (TPSA) is 24.5 Å². The highest BCUT2D eigenvalue weighted by Crippen LogP contribution is 2.23. The minimum Gasteiger partial charge on any atom is -0.377 e. The normalized spacial score (nSPS) is 11.1. The molecule has 0 amide bonds. The lowest BCUT2D eigenvalue weighted by atomic mass is 10.1. The van der Waals surface area contributed by atoms with E-state index < -0.39 is 0 Å². The van der Waals surface area contributed by atoms with Crippen LogP contribution in [-0.4, -0.2) is 32.8 Å². The number of nitrogens with zero attached hydrogens (tertiary/aromatic N) is 1. The van der Waals surface area contributed by atoms with Gasteiger partial charge in [0.05, 0.1) is 12.7 Å². The molecule has 1 aromatic carbocycles. The SMILES string of the molecule is CCNCc1cc(Cl)ccc1N(C)CCOC(C)C. The van der Waals surface area contributed by atoms with Gasteiger partial charge in [-0.3, -0.25) is 0 Å². The van der Waals surface area contributed by atoms with Gasteiger partial charge in [-0.05, 0) is 44.2 Å². The van der Waals surface area contributed by atoms with Crippen LogP contribution in [0.5, 0.6) is 0 Å². The van der Waals surface area contributed by atoms with Crippen LogP contribution in [0.2, 0.25) is 5.02 Å². The molecule has 0 fully saturated rings. The molecule has 0 radical (unpaired) electrons. The maximum absolute atomic E-state index is 6.08. The van der Waals surface area contributed by atoms with Crippen molar-refractivity contribution in [3.8, 4) is 0 Å². The van der Waals surface area contributed by atoms with Crippen molar-refractivity contribution in [2.75, 3.05) is 31.6 Å². The Labute approximate surface area is 121 Å².